The first kappa shape index (κ1) is 13.8. The van der Waals surface area contributed by atoms with E-state index in [4.69, 9.17) is 0 Å². The molecule has 2 heterocycles. The molecule has 1 aromatic carbocycles. The van der Waals surface area contributed by atoms with E-state index < -0.39 is 0 Å². The third-order valence-corrected chi connectivity index (χ3v) is 4.06. The van der Waals surface area contributed by atoms with Crippen molar-refractivity contribution in [3.63, 3.8) is 0 Å². The Balaban J connectivity index is 1.85. The fourth-order valence-corrected chi connectivity index (χ4v) is 2.97. The summed E-state index contributed by atoms with van der Waals surface area (Å²) in [6.45, 7) is 0.850. The second-order valence-electron chi connectivity index (χ2n) is 5.35. The summed E-state index contributed by atoms with van der Waals surface area (Å²) in [5.74, 6) is 0.404. The topological polar surface area (TPSA) is 59.0 Å². The van der Waals surface area contributed by atoms with Crippen LogP contribution in [0.25, 0.3) is 5.69 Å². The molecule has 2 N–H and O–H groups in total. The molecule has 1 aliphatic rings. The Bertz CT molecular complexity index is 608. The Morgan fingerprint density at radius 2 is 2.14 bits per heavy atom. The summed E-state index contributed by atoms with van der Waals surface area (Å²) < 4.78 is 1.98. The van der Waals surface area contributed by atoms with Crippen LogP contribution in [0.15, 0.2) is 42.6 Å². The van der Waals surface area contributed by atoms with Crippen LogP contribution in [0.2, 0.25) is 0 Å². The van der Waals surface area contributed by atoms with Crippen molar-refractivity contribution in [2.45, 2.75) is 24.8 Å². The standard InChI is InChI=1S/C16H20N4O/c1-17-16(21)14-11-12(7-9-18-14)15-8-10-19-20(15)13-5-3-2-4-6-13/h2-6,8,10,12,14,18H,7,9,11H2,1H3,(H,17,21). The van der Waals surface area contributed by atoms with Gasteiger partial charge >= 0.3 is 0 Å². The van der Waals surface area contributed by atoms with E-state index in [0.717, 1.165) is 25.1 Å². The van der Waals surface area contributed by atoms with Crippen LogP contribution in [-0.4, -0.2) is 35.3 Å². The highest BCUT2D eigenvalue weighted by molar-refractivity contribution is 5.81. The molecule has 21 heavy (non-hydrogen) atoms. The summed E-state index contributed by atoms with van der Waals surface area (Å²) >= 11 is 0. The number of carbonyl (C=O) groups excluding carboxylic acids is 1. The minimum atomic E-state index is -0.118. The summed E-state index contributed by atoms with van der Waals surface area (Å²) in [5, 5.41) is 10.4. The van der Waals surface area contributed by atoms with Crippen LogP contribution in [0.1, 0.15) is 24.5 Å². The van der Waals surface area contributed by atoms with Crippen LogP contribution in [0.3, 0.4) is 0 Å². The van der Waals surface area contributed by atoms with Crippen LogP contribution >= 0.6 is 0 Å². The van der Waals surface area contributed by atoms with E-state index in [0.29, 0.717) is 5.92 Å². The average molecular weight is 284 g/mol. The maximum atomic E-state index is 11.8. The average Bonchev–Trinajstić information content (AvgIpc) is 3.04. The number of aromatic nitrogens is 2. The lowest BCUT2D eigenvalue weighted by atomic mass is 9.89. The van der Waals surface area contributed by atoms with Gasteiger partial charge in [0.05, 0.1) is 11.7 Å². The third-order valence-electron chi connectivity index (χ3n) is 4.06. The molecule has 0 radical (unpaired) electrons. The predicted octanol–water partition coefficient (Wildman–Crippen LogP) is 1.45. The molecule has 1 aliphatic heterocycles. The monoisotopic (exact) mass is 284 g/mol. The molecule has 2 unspecified atom stereocenters. The van der Waals surface area contributed by atoms with E-state index in [9.17, 15) is 4.79 Å². The second kappa shape index (κ2) is 6.10. The van der Waals surface area contributed by atoms with Crippen molar-refractivity contribution in [2.75, 3.05) is 13.6 Å². The number of nitrogens with zero attached hydrogens (tertiary/aromatic N) is 2. The Morgan fingerprint density at radius 1 is 1.33 bits per heavy atom. The summed E-state index contributed by atoms with van der Waals surface area (Å²) in [6.07, 6.45) is 3.66. The fourth-order valence-electron chi connectivity index (χ4n) is 2.97. The number of nitrogens with one attached hydrogen (secondary N) is 2. The molecular weight excluding hydrogens is 264 g/mol. The molecular formula is C16H20N4O. The Kier molecular flexibility index (Phi) is 4.01. The lowest BCUT2D eigenvalue weighted by molar-refractivity contribution is -0.123. The van der Waals surface area contributed by atoms with Gasteiger partial charge in [0.2, 0.25) is 5.91 Å². The molecule has 0 bridgehead atoms. The van der Waals surface area contributed by atoms with Gasteiger partial charge in [-0.25, -0.2) is 4.68 Å². The molecule has 0 aliphatic carbocycles. The first-order chi connectivity index (χ1) is 10.3. The SMILES string of the molecule is CNC(=O)C1CC(c2ccnn2-c2ccccc2)CCN1. The number of amides is 1. The number of benzene rings is 1. The highest BCUT2D eigenvalue weighted by Crippen LogP contribution is 2.29. The number of carbonyl (C=O) groups is 1. The van der Waals surface area contributed by atoms with Crippen molar-refractivity contribution in [1.82, 2.24) is 20.4 Å². The highest BCUT2D eigenvalue weighted by Gasteiger charge is 2.29. The van der Waals surface area contributed by atoms with Crippen LogP contribution in [0, 0.1) is 0 Å². The first-order valence-corrected chi connectivity index (χ1v) is 7.34. The van der Waals surface area contributed by atoms with Gasteiger partial charge in [-0.2, -0.15) is 5.10 Å². The number of piperidine rings is 1. The van der Waals surface area contributed by atoms with Gasteiger partial charge in [0, 0.05) is 24.9 Å². The molecule has 5 heteroatoms. The zero-order valence-electron chi connectivity index (χ0n) is 12.1. The lowest BCUT2D eigenvalue weighted by Crippen LogP contribution is -2.47. The van der Waals surface area contributed by atoms with E-state index in [1.54, 1.807) is 7.05 Å². The predicted molar refractivity (Wildman–Crippen MR) is 81.4 cm³/mol. The maximum absolute atomic E-state index is 11.8. The van der Waals surface area contributed by atoms with Gasteiger partial charge in [0.1, 0.15) is 0 Å². The summed E-state index contributed by atoms with van der Waals surface area (Å²) in [7, 11) is 1.68. The minimum absolute atomic E-state index is 0.0606. The number of likely N-dealkylation sites (N-methyl/N-ethyl adjacent to an activating group) is 1. The Morgan fingerprint density at radius 3 is 2.90 bits per heavy atom. The fraction of sp³-hybridized carbons (Fsp3) is 0.375. The largest absolute Gasteiger partial charge is 0.358 e. The van der Waals surface area contributed by atoms with Gasteiger partial charge in [0.15, 0.2) is 0 Å². The normalized spacial score (nSPS) is 22.0. The lowest BCUT2D eigenvalue weighted by Gasteiger charge is -2.29. The van der Waals surface area contributed by atoms with E-state index in [1.165, 1.54) is 5.69 Å². The summed E-state index contributed by atoms with van der Waals surface area (Å²) in [6, 6.07) is 12.1. The van der Waals surface area contributed by atoms with Crippen LogP contribution in [-0.2, 0) is 4.79 Å². The van der Waals surface area contributed by atoms with Crippen molar-refractivity contribution in [1.29, 1.82) is 0 Å². The van der Waals surface area contributed by atoms with Gasteiger partial charge < -0.3 is 10.6 Å². The zero-order chi connectivity index (χ0) is 14.7. The molecule has 110 valence electrons. The number of hydrogen-bond donors (Lipinski definition) is 2. The maximum Gasteiger partial charge on any atom is 0.236 e. The van der Waals surface area contributed by atoms with E-state index in [1.807, 2.05) is 41.2 Å². The van der Waals surface area contributed by atoms with Gasteiger partial charge in [-0.15, -0.1) is 0 Å². The van der Waals surface area contributed by atoms with Crippen molar-refractivity contribution in [2.24, 2.45) is 0 Å². The molecule has 1 amide bonds. The Labute approximate surface area is 124 Å². The molecule has 1 saturated heterocycles. The van der Waals surface area contributed by atoms with Gasteiger partial charge in [-0.3, -0.25) is 4.79 Å². The van der Waals surface area contributed by atoms with Crippen molar-refractivity contribution < 1.29 is 4.79 Å². The molecule has 1 aromatic heterocycles. The second-order valence-corrected chi connectivity index (χ2v) is 5.35. The molecule has 3 rings (SSSR count). The van der Waals surface area contributed by atoms with Crippen molar-refractivity contribution in [3.8, 4) is 5.69 Å². The van der Waals surface area contributed by atoms with E-state index in [2.05, 4.69) is 21.8 Å². The minimum Gasteiger partial charge on any atom is -0.358 e. The smallest absolute Gasteiger partial charge is 0.236 e. The molecule has 5 nitrogen and oxygen atoms in total. The van der Waals surface area contributed by atoms with Crippen LogP contribution < -0.4 is 10.6 Å². The van der Waals surface area contributed by atoms with Crippen molar-refractivity contribution >= 4 is 5.91 Å². The zero-order valence-corrected chi connectivity index (χ0v) is 12.1. The summed E-state index contributed by atoms with van der Waals surface area (Å²) in [4.78, 5) is 11.8. The number of para-hydroxylation sites is 1. The number of hydrogen-bond acceptors (Lipinski definition) is 3. The number of rotatable bonds is 3. The van der Waals surface area contributed by atoms with Gasteiger partial charge in [-0.05, 0) is 37.6 Å². The van der Waals surface area contributed by atoms with E-state index >= 15 is 0 Å². The van der Waals surface area contributed by atoms with E-state index in [-0.39, 0.29) is 11.9 Å². The van der Waals surface area contributed by atoms with Gasteiger partial charge in [0.25, 0.3) is 0 Å². The first-order valence-electron chi connectivity index (χ1n) is 7.34. The molecule has 0 spiro atoms. The van der Waals surface area contributed by atoms with Gasteiger partial charge in [-0.1, -0.05) is 18.2 Å². The highest BCUT2D eigenvalue weighted by atomic mass is 16.2. The molecule has 2 aromatic rings. The quantitative estimate of drug-likeness (QED) is 0.897. The molecule has 1 fully saturated rings. The van der Waals surface area contributed by atoms with Crippen LogP contribution in [0.4, 0.5) is 0 Å². The molecule has 0 saturated carbocycles. The molecule has 2 atom stereocenters. The van der Waals surface area contributed by atoms with Crippen LogP contribution in [0.5, 0.6) is 0 Å². The van der Waals surface area contributed by atoms with Crippen molar-refractivity contribution in [3.05, 3.63) is 48.3 Å². The third kappa shape index (κ3) is 2.83. The summed E-state index contributed by atoms with van der Waals surface area (Å²) in [5.41, 5.74) is 2.24. The Hall–Kier alpha value is -2.14.